The second kappa shape index (κ2) is 5.01. The third kappa shape index (κ3) is 3.40. The van der Waals surface area contributed by atoms with Gasteiger partial charge in [-0.25, -0.2) is 0 Å². The molecule has 0 spiro atoms. The highest BCUT2D eigenvalue weighted by atomic mass is 16.1. The fourth-order valence-corrected chi connectivity index (χ4v) is 2.06. The quantitative estimate of drug-likeness (QED) is 0.726. The number of carbonyl (C=O) groups is 1. The van der Waals surface area contributed by atoms with Crippen LogP contribution >= 0.6 is 0 Å². The van der Waals surface area contributed by atoms with Crippen molar-refractivity contribution in [1.82, 2.24) is 4.90 Å². The number of carbonyl (C=O) groups excluding carboxylic acids is 1. The lowest BCUT2D eigenvalue weighted by atomic mass is 10.0. The van der Waals surface area contributed by atoms with Crippen molar-refractivity contribution in [3.63, 3.8) is 0 Å². The molecule has 1 fully saturated rings. The highest BCUT2D eigenvalue weighted by molar-refractivity contribution is 5.97. The summed E-state index contributed by atoms with van der Waals surface area (Å²) in [5.41, 5.74) is 3.28. The van der Waals surface area contributed by atoms with Crippen LogP contribution in [0.3, 0.4) is 0 Å². The molecule has 0 radical (unpaired) electrons. The Labute approximate surface area is 104 Å². The summed E-state index contributed by atoms with van der Waals surface area (Å²) in [7, 11) is 2.04. The molecule has 2 heteroatoms. The van der Waals surface area contributed by atoms with Gasteiger partial charge in [-0.3, -0.25) is 9.69 Å². The van der Waals surface area contributed by atoms with Gasteiger partial charge in [-0.1, -0.05) is 12.1 Å². The zero-order valence-electron chi connectivity index (χ0n) is 11.0. The standard InChI is InChI=1S/C15H21NO/c1-11-4-7-14(8-12(11)2)15(17)10-16(3)9-13-5-6-13/h4,7-8,13H,5-6,9-10H2,1-3H3. The van der Waals surface area contributed by atoms with Crippen LogP contribution in [0.1, 0.15) is 34.3 Å². The van der Waals surface area contributed by atoms with Gasteiger partial charge >= 0.3 is 0 Å². The molecule has 17 heavy (non-hydrogen) atoms. The average molecular weight is 231 g/mol. The maximum atomic E-state index is 12.1. The van der Waals surface area contributed by atoms with Crippen molar-refractivity contribution < 1.29 is 4.79 Å². The van der Waals surface area contributed by atoms with Crippen LogP contribution in [0.25, 0.3) is 0 Å². The van der Waals surface area contributed by atoms with Crippen molar-refractivity contribution in [2.45, 2.75) is 26.7 Å². The van der Waals surface area contributed by atoms with E-state index in [1.54, 1.807) is 0 Å². The molecule has 0 aromatic heterocycles. The molecule has 0 amide bonds. The predicted octanol–water partition coefficient (Wildman–Crippen LogP) is 2.83. The number of nitrogens with zero attached hydrogens (tertiary/aromatic N) is 1. The van der Waals surface area contributed by atoms with Crippen molar-refractivity contribution in [3.05, 3.63) is 34.9 Å². The minimum Gasteiger partial charge on any atom is -0.299 e. The van der Waals surface area contributed by atoms with Crippen LogP contribution < -0.4 is 0 Å². The van der Waals surface area contributed by atoms with E-state index < -0.39 is 0 Å². The fraction of sp³-hybridized carbons (Fsp3) is 0.533. The van der Waals surface area contributed by atoms with Crippen LogP contribution in [0.5, 0.6) is 0 Å². The van der Waals surface area contributed by atoms with Crippen LogP contribution in [0.2, 0.25) is 0 Å². The summed E-state index contributed by atoms with van der Waals surface area (Å²) >= 11 is 0. The Kier molecular flexibility index (Phi) is 3.63. The number of rotatable bonds is 5. The minimum absolute atomic E-state index is 0.233. The molecule has 1 aliphatic rings. The number of ketones is 1. The van der Waals surface area contributed by atoms with E-state index in [4.69, 9.17) is 0 Å². The number of hydrogen-bond acceptors (Lipinski definition) is 2. The monoisotopic (exact) mass is 231 g/mol. The summed E-state index contributed by atoms with van der Waals surface area (Å²) in [4.78, 5) is 14.2. The van der Waals surface area contributed by atoms with Gasteiger partial charge < -0.3 is 0 Å². The molecule has 0 heterocycles. The first-order valence-electron chi connectivity index (χ1n) is 6.35. The number of aryl methyl sites for hydroxylation is 2. The first-order chi connectivity index (χ1) is 8.06. The summed E-state index contributed by atoms with van der Waals surface area (Å²) in [6.45, 7) is 5.73. The maximum absolute atomic E-state index is 12.1. The molecule has 0 atom stereocenters. The highest BCUT2D eigenvalue weighted by Crippen LogP contribution is 2.29. The SMILES string of the molecule is Cc1ccc(C(=O)CN(C)CC2CC2)cc1C. The Morgan fingerprint density at radius 3 is 2.59 bits per heavy atom. The van der Waals surface area contributed by atoms with Crippen molar-refractivity contribution in [2.75, 3.05) is 20.1 Å². The molecule has 0 aliphatic heterocycles. The lowest BCUT2D eigenvalue weighted by Crippen LogP contribution is -2.28. The van der Waals surface area contributed by atoms with Crippen LogP contribution in [0.15, 0.2) is 18.2 Å². The molecule has 2 nitrogen and oxygen atoms in total. The van der Waals surface area contributed by atoms with Gasteiger partial charge in [0.25, 0.3) is 0 Å². The molecule has 0 saturated heterocycles. The summed E-state index contributed by atoms with van der Waals surface area (Å²) in [5, 5.41) is 0. The number of Topliss-reactive ketones (excluding diaryl/α,β-unsaturated/α-hetero) is 1. The summed E-state index contributed by atoms with van der Waals surface area (Å²) in [6.07, 6.45) is 2.67. The normalized spacial score (nSPS) is 15.3. The predicted molar refractivity (Wildman–Crippen MR) is 70.5 cm³/mol. The van der Waals surface area contributed by atoms with Crippen molar-refractivity contribution in [3.8, 4) is 0 Å². The van der Waals surface area contributed by atoms with E-state index in [0.717, 1.165) is 18.0 Å². The van der Waals surface area contributed by atoms with Gasteiger partial charge in [0.05, 0.1) is 6.54 Å². The van der Waals surface area contributed by atoms with Gasteiger partial charge in [-0.05, 0) is 56.8 Å². The lowest BCUT2D eigenvalue weighted by Gasteiger charge is -2.15. The van der Waals surface area contributed by atoms with Gasteiger partial charge in [0.1, 0.15) is 0 Å². The molecule has 0 bridgehead atoms. The Morgan fingerprint density at radius 2 is 2.00 bits per heavy atom. The highest BCUT2D eigenvalue weighted by Gasteiger charge is 2.23. The van der Waals surface area contributed by atoms with Crippen molar-refractivity contribution >= 4 is 5.78 Å². The first kappa shape index (κ1) is 12.3. The van der Waals surface area contributed by atoms with E-state index in [0.29, 0.717) is 6.54 Å². The fourth-order valence-electron chi connectivity index (χ4n) is 2.06. The van der Waals surface area contributed by atoms with Crippen LogP contribution in [0, 0.1) is 19.8 Å². The molecule has 0 unspecified atom stereocenters. The smallest absolute Gasteiger partial charge is 0.176 e. The third-order valence-electron chi connectivity index (χ3n) is 3.51. The molecule has 0 N–H and O–H groups in total. The Bertz CT molecular complexity index is 421. The zero-order valence-corrected chi connectivity index (χ0v) is 11.0. The van der Waals surface area contributed by atoms with E-state index in [9.17, 15) is 4.79 Å². The van der Waals surface area contributed by atoms with Crippen LogP contribution in [0.4, 0.5) is 0 Å². The average Bonchev–Trinajstić information content (AvgIpc) is 3.05. The molecule has 1 saturated carbocycles. The van der Waals surface area contributed by atoms with Crippen molar-refractivity contribution in [2.24, 2.45) is 5.92 Å². The summed E-state index contributed by atoms with van der Waals surface area (Å²) in [5.74, 6) is 1.07. The summed E-state index contributed by atoms with van der Waals surface area (Å²) < 4.78 is 0. The van der Waals surface area contributed by atoms with E-state index in [1.807, 2.05) is 25.2 Å². The lowest BCUT2D eigenvalue weighted by molar-refractivity contribution is 0.0944. The Hall–Kier alpha value is -1.15. The molecular formula is C15H21NO. The van der Waals surface area contributed by atoms with Gasteiger partial charge in [-0.2, -0.15) is 0 Å². The molecular weight excluding hydrogens is 210 g/mol. The van der Waals surface area contributed by atoms with Gasteiger partial charge in [0.15, 0.2) is 5.78 Å². The molecule has 1 aliphatic carbocycles. The molecule has 2 rings (SSSR count). The van der Waals surface area contributed by atoms with Gasteiger partial charge in [0, 0.05) is 12.1 Å². The Balaban J connectivity index is 1.95. The van der Waals surface area contributed by atoms with Gasteiger partial charge in [-0.15, -0.1) is 0 Å². The number of benzene rings is 1. The zero-order chi connectivity index (χ0) is 12.4. The maximum Gasteiger partial charge on any atom is 0.176 e. The second-order valence-corrected chi connectivity index (χ2v) is 5.36. The van der Waals surface area contributed by atoms with E-state index in [-0.39, 0.29) is 5.78 Å². The van der Waals surface area contributed by atoms with E-state index >= 15 is 0 Å². The van der Waals surface area contributed by atoms with Crippen LogP contribution in [-0.2, 0) is 0 Å². The number of likely N-dealkylation sites (N-methyl/N-ethyl adjacent to an activating group) is 1. The minimum atomic E-state index is 0.233. The van der Waals surface area contributed by atoms with Gasteiger partial charge in [0.2, 0.25) is 0 Å². The number of hydrogen-bond donors (Lipinski definition) is 0. The molecule has 92 valence electrons. The first-order valence-corrected chi connectivity index (χ1v) is 6.35. The third-order valence-corrected chi connectivity index (χ3v) is 3.51. The second-order valence-electron chi connectivity index (χ2n) is 5.36. The van der Waals surface area contributed by atoms with Crippen LogP contribution in [-0.4, -0.2) is 30.8 Å². The topological polar surface area (TPSA) is 20.3 Å². The molecule has 1 aromatic carbocycles. The van der Waals surface area contributed by atoms with E-state index in [1.165, 1.54) is 24.0 Å². The Morgan fingerprint density at radius 1 is 1.29 bits per heavy atom. The van der Waals surface area contributed by atoms with E-state index in [2.05, 4.69) is 18.7 Å². The van der Waals surface area contributed by atoms with Crippen molar-refractivity contribution in [1.29, 1.82) is 0 Å². The molecule has 1 aromatic rings. The largest absolute Gasteiger partial charge is 0.299 e. The summed E-state index contributed by atoms with van der Waals surface area (Å²) in [6, 6.07) is 5.97.